The average Bonchev–Trinajstić information content (AvgIpc) is 2.69. The maximum absolute atomic E-state index is 12.7. The van der Waals surface area contributed by atoms with E-state index in [2.05, 4.69) is 27.0 Å². The molecule has 0 bridgehead atoms. The Labute approximate surface area is 187 Å². The fraction of sp³-hybridized carbons (Fsp3) is 0.600. The number of amides is 1. The van der Waals surface area contributed by atoms with E-state index in [-0.39, 0.29) is 18.6 Å². The highest BCUT2D eigenvalue weighted by atomic mass is 16.6. The summed E-state index contributed by atoms with van der Waals surface area (Å²) in [5.41, 5.74) is 2.73. The van der Waals surface area contributed by atoms with Gasteiger partial charge in [-0.2, -0.15) is 0 Å². The first-order valence-electron chi connectivity index (χ1n) is 10.8. The Morgan fingerprint density at radius 2 is 1.90 bits per heavy atom. The number of carbonyl (C=O) groups is 2. The normalized spacial score (nSPS) is 22.9. The molecule has 0 radical (unpaired) electrons. The molecule has 0 aromatic carbocycles. The molecule has 174 valence electrons. The predicted octanol–water partition coefficient (Wildman–Crippen LogP) is 5.22. The van der Waals surface area contributed by atoms with Gasteiger partial charge in [0.2, 0.25) is 0 Å². The van der Waals surface area contributed by atoms with Gasteiger partial charge in [0.25, 0.3) is 0 Å². The molecular weight excluding hydrogens is 394 g/mol. The second-order valence-corrected chi connectivity index (χ2v) is 9.24. The fourth-order valence-electron chi connectivity index (χ4n) is 3.53. The number of rotatable bonds is 6. The number of cyclic esters (lactones) is 1. The molecule has 0 spiro atoms. The standard InChI is InChI=1S/C25H39NO5/c1-10-12-20(21(11-2)17(3)4)14-19-13-18(5)30-23(27)22(16-29-15-19)26(9)24(28)31-25(6,7)8/h10-12,18-19,22H,1-2,13-16H2,3-9H3/b20-12-/t18?,19?,22-/m0/s1. The molecule has 1 heterocycles. The Balaban J connectivity index is 2.99. The summed E-state index contributed by atoms with van der Waals surface area (Å²) in [5.74, 6) is -0.353. The van der Waals surface area contributed by atoms with Crippen LogP contribution in [0, 0.1) is 5.92 Å². The minimum absolute atomic E-state index is 0.0509. The summed E-state index contributed by atoms with van der Waals surface area (Å²) in [5, 5.41) is 0. The molecule has 1 aliphatic heterocycles. The summed E-state index contributed by atoms with van der Waals surface area (Å²) in [6.07, 6.45) is 6.12. The van der Waals surface area contributed by atoms with Crippen molar-refractivity contribution in [2.45, 2.75) is 72.1 Å². The minimum atomic E-state index is -0.860. The van der Waals surface area contributed by atoms with E-state index in [9.17, 15) is 9.59 Å². The highest BCUT2D eigenvalue weighted by Crippen LogP contribution is 2.28. The van der Waals surface area contributed by atoms with E-state index in [4.69, 9.17) is 14.2 Å². The van der Waals surface area contributed by atoms with Crippen molar-refractivity contribution in [3.63, 3.8) is 0 Å². The first-order valence-corrected chi connectivity index (χ1v) is 10.8. The number of esters is 1. The van der Waals surface area contributed by atoms with Crippen LogP contribution in [0.5, 0.6) is 0 Å². The van der Waals surface area contributed by atoms with Crippen LogP contribution in [0.15, 0.2) is 48.1 Å². The Bertz CT molecular complexity index is 725. The van der Waals surface area contributed by atoms with E-state index < -0.39 is 23.7 Å². The maximum atomic E-state index is 12.7. The van der Waals surface area contributed by atoms with Crippen LogP contribution < -0.4 is 0 Å². The monoisotopic (exact) mass is 433 g/mol. The zero-order chi connectivity index (χ0) is 23.8. The van der Waals surface area contributed by atoms with E-state index in [1.54, 1.807) is 26.8 Å². The van der Waals surface area contributed by atoms with Crippen molar-refractivity contribution < 1.29 is 23.8 Å². The molecule has 3 atom stereocenters. The molecule has 31 heavy (non-hydrogen) atoms. The lowest BCUT2D eigenvalue weighted by atomic mass is 9.89. The molecule has 0 aliphatic carbocycles. The molecule has 0 N–H and O–H groups in total. The summed E-state index contributed by atoms with van der Waals surface area (Å²) >= 11 is 0. The van der Waals surface area contributed by atoms with Gasteiger partial charge in [0.1, 0.15) is 5.60 Å². The van der Waals surface area contributed by atoms with Gasteiger partial charge in [-0.1, -0.05) is 37.0 Å². The quantitative estimate of drug-likeness (QED) is 0.425. The van der Waals surface area contributed by atoms with Crippen LogP contribution in [-0.4, -0.2) is 55.0 Å². The first-order chi connectivity index (χ1) is 14.4. The second kappa shape index (κ2) is 11.9. The lowest BCUT2D eigenvalue weighted by Gasteiger charge is -2.29. The zero-order valence-electron chi connectivity index (χ0n) is 20.2. The van der Waals surface area contributed by atoms with Crippen molar-refractivity contribution in [1.29, 1.82) is 0 Å². The number of hydrogen-bond acceptors (Lipinski definition) is 5. The van der Waals surface area contributed by atoms with E-state index in [0.29, 0.717) is 13.0 Å². The number of ether oxygens (including phenoxy) is 3. The summed E-state index contributed by atoms with van der Waals surface area (Å²) < 4.78 is 16.9. The lowest BCUT2D eigenvalue weighted by molar-refractivity contribution is -0.155. The summed E-state index contributed by atoms with van der Waals surface area (Å²) in [6, 6.07) is -0.860. The number of nitrogens with zero attached hydrogens (tertiary/aromatic N) is 1. The van der Waals surface area contributed by atoms with Gasteiger partial charge in [0, 0.05) is 13.7 Å². The lowest BCUT2D eigenvalue weighted by Crippen LogP contribution is -2.48. The smallest absolute Gasteiger partial charge is 0.410 e. The molecule has 2 unspecified atom stereocenters. The maximum Gasteiger partial charge on any atom is 0.410 e. The van der Waals surface area contributed by atoms with Crippen LogP contribution in [-0.2, 0) is 19.0 Å². The number of allylic oxidation sites excluding steroid dienone is 6. The van der Waals surface area contributed by atoms with Crippen molar-refractivity contribution in [3.8, 4) is 0 Å². The minimum Gasteiger partial charge on any atom is -0.461 e. The highest BCUT2D eigenvalue weighted by molar-refractivity contribution is 5.81. The fourth-order valence-corrected chi connectivity index (χ4v) is 3.53. The largest absolute Gasteiger partial charge is 0.461 e. The Hall–Kier alpha value is -2.34. The third-order valence-electron chi connectivity index (χ3n) is 4.95. The van der Waals surface area contributed by atoms with Gasteiger partial charge in [-0.3, -0.25) is 4.90 Å². The molecule has 1 rings (SSSR count). The van der Waals surface area contributed by atoms with Crippen molar-refractivity contribution >= 4 is 12.1 Å². The summed E-state index contributed by atoms with van der Waals surface area (Å²) in [6.45, 7) is 19.6. The van der Waals surface area contributed by atoms with Gasteiger partial charge in [-0.15, -0.1) is 0 Å². The van der Waals surface area contributed by atoms with Crippen LogP contribution in [0.1, 0.15) is 54.4 Å². The number of hydrogen-bond donors (Lipinski definition) is 0. The molecule has 1 saturated heterocycles. The van der Waals surface area contributed by atoms with Crippen LogP contribution in [0.25, 0.3) is 0 Å². The molecule has 6 heteroatoms. The van der Waals surface area contributed by atoms with E-state index in [0.717, 1.165) is 17.6 Å². The van der Waals surface area contributed by atoms with Gasteiger partial charge in [0.05, 0.1) is 12.7 Å². The van der Waals surface area contributed by atoms with Gasteiger partial charge in [0.15, 0.2) is 6.04 Å². The first kappa shape index (κ1) is 26.7. The third kappa shape index (κ3) is 8.74. The molecule has 0 saturated carbocycles. The van der Waals surface area contributed by atoms with Crippen LogP contribution in [0.2, 0.25) is 0 Å². The van der Waals surface area contributed by atoms with Crippen molar-refractivity contribution in [2.75, 3.05) is 20.3 Å². The molecule has 1 fully saturated rings. The van der Waals surface area contributed by atoms with Gasteiger partial charge >= 0.3 is 12.1 Å². The number of carbonyl (C=O) groups excluding carboxylic acids is 2. The molecule has 1 amide bonds. The molecule has 0 aromatic heterocycles. The second-order valence-electron chi connectivity index (χ2n) is 9.24. The van der Waals surface area contributed by atoms with Gasteiger partial charge < -0.3 is 14.2 Å². The molecule has 0 aromatic rings. The molecule has 1 aliphatic rings. The van der Waals surface area contributed by atoms with Crippen molar-refractivity contribution in [1.82, 2.24) is 4.90 Å². The number of likely N-dealkylation sites (N-methyl/N-ethyl adjacent to an activating group) is 1. The highest BCUT2D eigenvalue weighted by Gasteiger charge is 2.34. The van der Waals surface area contributed by atoms with E-state index in [1.807, 2.05) is 19.1 Å². The summed E-state index contributed by atoms with van der Waals surface area (Å²) in [7, 11) is 1.53. The van der Waals surface area contributed by atoms with Crippen molar-refractivity contribution in [2.24, 2.45) is 5.92 Å². The Morgan fingerprint density at radius 3 is 2.42 bits per heavy atom. The van der Waals surface area contributed by atoms with Crippen LogP contribution in [0.4, 0.5) is 4.79 Å². The van der Waals surface area contributed by atoms with E-state index in [1.165, 1.54) is 17.5 Å². The van der Waals surface area contributed by atoms with Crippen molar-refractivity contribution in [3.05, 3.63) is 48.1 Å². The SMILES string of the molecule is C=C/C=C(/CC1COC[C@H](N(C)C(=O)OC(C)(C)C)C(=O)OC(C)C1)C(C=C)=C(C)C. The van der Waals surface area contributed by atoms with Gasteiger partial charge in [-0.25, -0.2) is 9.59 Å². The predicted molar refractivity (Wildman–Crippen MR) is 124 cm³/mol. The third-order valence-corrected chi connectivity index (χ3v) is 4.95. The Morgan fingerprint density at radius 1 is 1.26 bits per heavy atom. The Kier molecular flexibility index (Phi) is 10.2. The topological polar surface area (TPSA) is 65.1 Å². The molecular formula is C25H39NO5. The summed E-state index contributed by atoms with van der Waals surface area (Å²) in [4.78, 5) is 26.4. The zero-order valence-corrected chi connectivity index (χ0v) is 20.2. The van der Waals surface area contributed by atoms with Gasteiger partial charge in [-0.05, 0) is 71.4 Å². The van der Waals surface area contributed by atoms with E-state index >= 15 is 0 Å². The van der Waals surface area contributed by atoms with Crippen LogP contribution >= 0.6 is 0 Å². The average molecular weight is 434 g/mol. The van der Waals surface area contributed by atoms with Crippen LogP contribution in [0.3, 0.4) is 0 Å². The molecule has 6 nitrogen and oxygen atoms in total.